The highest BCUT2D eigenvalue weighted by molar-refractivity contribution is 7.32. The summed E-state index contributed by atoms with van der Waals surface area (Å²) in [6, 6.07) is 2.67. The molecule has 1 aromatic carbocycles. The van der Waals surface area contributed by atoms with E-state index in [1.807, 2.05) is 0 Å². The lowest BCUT2D eigenvalue weighted by Gasteiger charge is -2.14. The van der Waals surface area contributed by atoms with Crippen molar-refractivity contribution < 1.29 is 37.7 Å². The Balaban J connectivity index is 2.45. The highest BCUT2D eigenvalue weighted by atomic mass is 31.1. The minimum atomic E-state index is -3.28. The monoisotopic (exact) mass is 432 g/mol. The summed E-state index contributed by atoms with van der Waals surface area (Å²) in [6.45, 7) is 2.97. The molecule has 13 heteroatoms. The van der Waals surface area contributed by atoms with Gasteiger partial charge in [-0.25, -0.2) is 0 Å². The quantitative estimate of drug-likeness (QED) is 0.245. The average Bonchev–Trinajstić information content (AvgIpc) is 2.95. The van der Waals surface area contributed by atoms with E-state index < -0.39 is 39.8 Å². The van der Waals surface area contributed by atoms with Crippen LogP contribution in [0.4, 0.5) is 5.69 Å². The molecule has 0 radical (unpaired) electrons. The Morgan fingerprint density at radius 2 is 2.00 bits per heavy atom. The third-order valence-corrected chi connectivity index (χ3v) is 4.77. The normalized spacial score (nSPS) is 16.0. The van der Waals surface area contributed by atoms with Gasteiger partial charge in [-0.3, -0.25) is 28.6 Å². The first-order valence-corrected chi connectivity index (χ1v) is 10.4. The molecule has 0 saturated heterocycles. The minimum absolute atomic E-state index is 0.0632. The van der Waals surface area contributed by atoms with Crippen molar-refractivity contribution in [1.82, 2.24) is 4.90 Å². The van der Waals surface area contributed by atoms with Gasteiger partial charge >= 0.3 is 16.5 Å². The SMILES string of the molecule is C=CC=C(CCO[PH](=O)O)c1ccc([N+](=O)[O-])c2c1CN(CO[PH](=O)O)C2=O. The Kier molecular flexibility index (Phi) is 7.82. The van der Waals surface area contributed by atoms with Crippen molar-refractivity contribution in [2.45, 2.75) is 13.0 Å². The summed E-state index contributed by atoms with van der Waals surface area (Å²) in [5.74, 6) is -0.693. The molecule has 152 valence electrons. The van der Waals surface area contributed by atoms with Crippen LogP contribution in [0.15, 0.2) is 30.9 Å². The van der Waals surface area contributed by atoms with Gasteiger partial charge in [0.15, 0.2) is 0 Å². The van der Waals surface area contributed by atoms with Crippen LogP contribution in [-0.2, 0) is 24.7 Å². The summed E-state index contributed by atoms with van der Waals surface area (Å²) in [5, 5.41) is 11.3. The standard InChI is InChI=1S/C15H18N2O9P2/c1-2-3-10(6-7-25-27(21)22)11-4-5-13(17(19)20)14-12(11)8-16(15(14)18)9-26-28(23)24/h2-5,27-28H,1,6-9H2,(H,21,22)(H,23,24). The smallest absolute Gasteiger partial charge is 0.318 e. The topological polar surface area (TPSA) is 157 Å². The summed E-state index contributed by atoms with van der Waals surface area (Å²) in [7, 11) is -6.39. The number of nitrogens with zero attached hydrogens (tertiary/aromatic N) is 2. The zero-order valence-electron chi connectivity index (χ0n) is 14.5. The van der Waals surface area contributed by atoms with Gasteiger partial charge in [-0.2, -0.15) is 0 Å². The summed E-state index contributed by atoms with van der Waals surface area (Å²) >= 11 is 0. The average molecular weight is 432 g/mol. The van der Waals surface area contributed by atoms with Crippen LogP contribution in [-0.4, -0.2) is 38.9 Å². The minimum Gasteiger partial charge on any atom is -0.326 e. The molecular weight excluding hydrogens is 414 g/mol. The first-order chi connectivity index (χ1) is 13.3. The number of allylic oxidation sites excluding steroid dienone is 2. The first kappa shape index (κ1) is 22.2. The molecule has 2 unspecified atom stereocenters. The van der Waals surface area contributed by atoms with Crippen molar-refractivity contribution in [3.8, 4) is 0 Å². The Hall–Kier alpha value is -2.13. The molecule has 2 rings (SSSR count). The number of nitro groups is 1. The molecule has 1 heterocycles. The maximum atomic E-state index is 12.6. The maximum Gasteiger partial charge on any atom is 0.318 e. The summed E-state index contributed by atoms with van der Waals surface area (Å²) in [5.41, 5.74) is 0.933. The van der Waals surface area contributed by atoms with Gasteiger partial charge in [0.05, 0.1) is 11.5 Å². The number of carbonyl (C=O) groups excluding carboxylic acids is 1. The molecule has 0 bridgehead atoms. The van der Waals surface area contributed by atoms with E-state index >= 15 is 0 Å². The zero-order valence-corrected chi connectivity index (χ0v) is 16.5. The predicted molar refractivity (Wildman–Crippen MR) is 100 cm³/mol. The van der Waals surface area contributed by atoms with Gasteiger partial charge in [0, 0.05) is 12.6 Å². The van der Waals surface area contributed by atoms with Crippen LogP contribution in [0.3, 0.4) is 0 Å². The van der Waals surface area contributed by atoms with Crippen molar-refractivity contribution in [3.05, 3.63) is 57.7 Å². The van der Waals surface area contributed by atoms with Crippen LogP contribution in [0.25, 0.3) is 5.57 Å². The van der Waals surface area contributed by atoms with Gasteiger partial charge in [0.25, 0.3) is 11.6 Å². The summed E-state index contributed by atoms with van der Waals surface area (Å²) in [4.78, 5) is 41.9. The third-order valence-electron chi connectivity index (χ3n) is 3.94. The Labute approximate surface area is 160 Å². The molecule has 0 spiro atoms. The van der Waals surface area contributed by atoms with Gasteiger partial charge < -0.3 is 19.2 Å². The number of fused-ring (bicyclic) bond motifs is 1. The fourth-order valence-corrected chi connectivity index (χ4v) is 3.39. The molecule has 1 aliphatic heterocycles. The summed E-state index contributed by atoms with van der Waals surface area (Å²) in [6.07, 6.45) is 3.28. The number of carbonyl (C=O) groups is 1. The molecule has 1 aliphatic rings. The van der Waals surface area contributed by atoms with E-state index in [2.05, 4.69) is 11.1 Å². The van der Waals surface area contributed by atoms with E-state index in [1.165, 1.54) is 18.2 Å². The Bertz CT molecular complexity index is 885. The van der Waals surface area contributed by atoms with Gasteiger partial charge in [0.1, 0.15) is 12.3 Å². The second-order valence-electron chi connectivity index (χ2n) is 5.58. The fourth-order valence-electron chi connectivity index (χ4n) is 2.85. The van der Waals surface area contributed by atoms with Crippen LogP contribution in [0.2, 0.25) is 0 Å². The molecule has 1 amide bonds. The van der Waals surface area contributed by atoms with Gasteiger partial charge in [-0.15, -0.1) is 0 Å². The van der Waals surface area contributed by atoms with E-state index in [-0.39, 0.29) is 25.1 Å². The van der Waals surface area contributed by atoms with Crippen LogP contribution < -0.4 is 0 Å². The van der Waals surface area contributed by atoms with Crippen LogP contribution in [0, 0.1) is 10.1 Å². The van der Waals surface area contributed by atoms with Gasteiger partial charge in [-0.05, 0) is 29.2 Å². The number of nitro benzene ring substituents is 1. The predicted octanol–water partition coefficient (Wildman–Crippen LogP) is 2.26. The number of amides is 1. The van der Waals surface area contributed by atoms with Gasteiger partial charge in [0.2, 0.25) is 0 Å². The Morgan fingerprint density at radius 3 is 2.57 bits per heavy atom. The summed E-state index contributed by atoms with van der Waals surface area (Å²) < 4.78 is 30.8. The van der Waals surface area contributed by atoms with E-state index in [0.29, 0.717) is 16.7 Å². The zero-order chi connectivity index (χ0) is 20.8. The Morgan fingerprint density at radius 1 is 1.32 bits per heavy atom. The second-order valence-corrected chi connectivity index (χ2v) is 7.22. The van der Waals surface area contributed by atoms with E-state index in [4.69, 9.17) is 14.3 Å². The van der Waals surface area contributed by atoms with E-state index in [0.717, 1.165) is 4.90 Å². The van der Waals surface area contributed by atoms with Crippen LogP contribution in [0.1, 0.15) is 27.9 Å². The first-order valence-electron chi connectivity index (χ1n) is 7.89. The highest BCUT2D eigenvalue weighted by Gasteiger charge is 2.37. The molecule has 0 fully saturated rings. The molecule has 11 nitrogen and oxygen atoms in total. The second kappa shape index (κ2) is 9.88. The van der Waals surface area contributed by atoms with Crippen molar-refractivity contribution in [3.63, 3.8) is 0 Å². The number of hydrogen-bond donors (Lipinski definition) is 2. The number of hydrogen-bond acceptors (Lipinski definition) is 7. The lowest BCUT2D eigenvalue weighted by Crippen LogP contribution is -2.25. The van der Waals surface area contributed by atoms with Crippen LogP contribution >= 0.6 is 16.5 Å². The molecule has 0 saturated carbocycles. The van der Waals surface area contributed by atoms with E-state index in [9.17, 15) is 24.0 Å². The molecule has 1 aromatic rings. The molecule has 2 atom stereocenters. The fraction of sp³-hybridized carbons (Fsp3) is 0.267. The van der Waals surface area contributed by atoms with Crippen LogP contribution in [0.5, 0.6) is 0 Å². The molecule has 0 aromatic heterocycles. The van der Waals surface area contributed by atoms with Crippen molar-refractivity contribution in [1.29, 1.82) is 0 Å². The number of rotatable bonds is 10. The lowest BCUT2D eigenvalue weighted by molar-refractivity contribution is -0.385. The maximum absolute atomic E-state index is 12.6. The molecule has 2 N–H and O–H groups in total. The molecule has 0 aliphatic carbocycles. The van der Waals surface area contributed by atoms with E-state index in [1.54, 1.807) is 6.08 Å². The molecular formula is C15H18N2O9P2. The van der Waals surface area contributed by atoms with Crippen molar-refractivity contribution >= 4 is 33.7 Å². The van der Waals surface area contributed by atoms with Gasteiger partial charge in [-0.1, -0.05) is 18.7 Å². The lowest BCUT2D eigenvalue weighted by atomic mass is 9.93. The van der Waals surface area contributed by atoms with Crippen molar-refractivity contribution in [2.75, 3.05) is 13.3 Å². The highest BCUT2D eigenvalue weighted by Crippen LogP contribution is 2.37. The third kappa shape index (κ3) is 5.23. The largest absolute Gasteiger partial charge is 0.326 e. The van der Waals surface area contributed by atoms with Crippen molar-refractivity contribution in [2.24, 2.45) is 0 Å². The molecule has 28 heavy (non-hydrogen) atoms. The number of benzene rings is 1.